The fraction of sp³-hybridized carbons (Fsp3) is 0.409. The minimum atomic E-state index is -0.102. The number of nitrogens with one attached hydrogen (secondary N) is 2. The second-order valence-corrected chi connectivity index (χ2v) is 7.48. The first-order valence-corrected chi connectivity index (χ1v) is 10.1. The monoisotopic (exact) mass is 393 g/mol. The van der Waals surface area contributed by atoms with E-state index in [0.717, 1.165) is 11.9 Å². The normalized spacial score (nSPS) is 14.4. The van der Waals surface area contributed by atoms with Crippen LogP contribution in [-0.4, -0.2) is 52.1 Å². The number of anilines is 1. The summed E-state index contributed by atoms with van der Waals surface area (Å²) < 4.78 is 5.31. The Morgan fingerprint density at radius 2 is 2.03 bits per heavy atom. The Hall–Kier alpha value is -2.93. The second kappa shape index (κ2) is 8.21. The first-order chi connectivity index (χ1) is 14.1. The highest BCUT2D eigenvalue weighted by Crippen LogP contribution is 2.27. The first kappa shape index (κ1) is 19.4. The first-order valence-electron chi connectivity index (χ1n) is 10.1. The van der Waals surface area contributed by atoms with Crippen LogP contribution in [0.25, 0.3) is 10.9 Å². The van der Waals surface area contributed by atoms with Gasteiger partial charge in [-0.2, -0.15) is 0 Å². The minimum Gasteiger partial charge on any atom is -0.378 e. The van der Waals surface area contributed by atoms with Crippen molar-refractivity contribution in [1.82, 2.24) is 19.9 Å². The summed E-state index contributed by atoms with van der Waals surface area (Å²) >= 11 is 0. The molecule has 1 aliphatic heterocycles. The summed E-state index contributed by atoms with van der Waals surface area (Å²) in [5.74, 6) is 0.493. The van der Waals surface area contributed by atoms with E-state index in [1.54, 1.807) is 11.1 Å². The molecule has 0 atom stereocenters. The molecule has 0 spiro atoms. The summed E-state index contributed by atoms with van der Waals surface area (Å²) in [6, 6.07) is 4.41. The van der Waals surface area contributed by atoms with Crippen LogP contribution in [0.4, 0.5) is 5.82 Å². The Labute approximate surface area is 170 Å². The molecule has 1 fully saturated rings. The summed E-state index contributed by atoms with van der Waals surface area (Å²) in [6.45, 7) is 9.35. The van der Waals surface area contributed by atoms with E-state index in [1.807, 2.05) is 0 Å². The van der Waals surface area contributed by atoms with Gasteiger partial charge in [-0.1, -0.05) is 18.6 Å². The highest BCUT2D eigenvalue weighted by molar-refractivity contribution is 5.92. The van der Waals surface area contributed by atoms with Gasteiger partial charge in [-0.25, -0.2) is 4.98 Å². The number of aromatic amines is 1. The molecule has 1 saturated heterocycles. The molecule has 4 rings (SSSR count). The van der Waals surface area contributed by atoms with Crippen LogP contribution in [0, 0.1) is 13.8 Å². The number of benzene rings is 1. The lowest BCUT2D eigenvalue weighted by Gasteiger charge is -2.26. The standard InChI is InChI=1S/C22H27N5O2/c1-4-18-15(3)17-10-14(2)9-16(21(17)26-18)11-24-20-13-23-12-19(25-20)22(28)27-5-7-29-8-6-27/h9-10,12-13,26H,4-8,11H2,1-3H3,(H,24,25). The molecular formula is C22H27N5O2. The summed E-state index contributed by atoms with van der Waals surface area (Å²) in [7, 11) is 0. The zero-order chi connectivity index (χ0) is 20.4. The highest BCUT2D eigenvalue weighted by atomic mass is 16.5. The Morgan fingerprint density at radius 3 is 2.79 bits per heavy atom. The van der Waals surface area contributed by atoms with Gasteiger partial charge in [-0.3, -0.25) is 9.78 Å². The molecule has 1 aromatic carbocycles. The van der Waals surface area contributed by atoms with Gasteiger partial charge in [0, 0.05) is 30.7 Å². The number of hydrogen-bond acceptors (Lipinski definition) is 5. The molecule has 0 unspecified atom stereocenters. The molecule has 3 heterocycles. The number of H-pyrrole nitrogens is 1. The number of amides is 1. The summed E-state index contributed by atoms with van der Waals surface area (Å²) in [4.78, 5) is 26.7. The summed E-state index contributed by atoms with van der Waals surface area (Å²) in [5, 5.41) is 4.60. The molecule has 0 bridgehead atoms. The van der Waals surface area contributed by atoms with Crippen molar-refractivity contribution in [3.63, 3.8) is 0 Å². The van der Waals surface area contributed by atoms with Crippen molar-refractivity contribution >= 4 is 22.6 Å². The number of fused-ring (bicyclic) bond motifs is 1. The third kappa shape index (κ3) is 3.96. The van der Waals surface area contributed by atoms with Gasteiger partial charge in [0.25, 0.3) is 5.91 Å². The Balaban J connectivity index is 1.54. The quantitative estimate of drug-likeness (QED) is 0.695. The maximum absolute atomic E-state index is 12.7. The van der Waals surface area contributed by atoms with Crippen LogP contribution in [0.1, 0.15) is 39.8 Å². The van der Waals surface area contributed by atoms with Gasteiger partial charge in [-0.05, 0) is 37.5 Å². The third-order valence-corrected chi connectivity index (χ3v) is 5.46. The highest BCUT2D eigenvalue weighted by Gasteiger charge is 2.20. The average molecular weight is 393 g/mol. The van der Waals surface area contributed by atoms with Gasteiger partial charge < -0.3 is 19.9 Å². The number of carbonyl (C=O) groups is 1. The van der Waals surface area contributed by atoms with Crippen molar-refractivity contribution < 1.29 is 9.53 Å². The van der Waals surface area contributed by atoms with E-state index in [4.69, 9.17) is 4.74 Å². The molecule has 2 N–H and O–H groups in total. The molecule has 152 valence electrons. The molecule has 7 heteroatoms. The lowest BCUT2D eigenvalue weighted by molar-refractivity contribution is 0.0299. The Bertz CT molecular complexity index is 1040. The van der Waals surface area contributed by atoms with E-state index in [1.165, 1.54) is 34.0 Å². The predicted molar refractivity (Wildman–Crippen MR) is 113 cm³/mol. The number of rotatable bonds is 5. The second-order valence-electron chi connectivity index (χ2n) is 7.48. The van der Waals surface area contributed by atoms with Crippen LogP contribution in [0.5, 0.6) is 0 Å². The predicted octanol–water partition coefficient (Wildman–Crippen LogP) is 3.22. The van der Waals surface area contributed by atoms with E-state index in [9.17, 15) is 4.79 Å². The molecule has 7 nitrogen and oxygen atoms in total. The van der Waals surface area contributed by atoms with Crippen LogP contribution in [0.15, 0.2) is 24.5 Å². The van der Waals surface area contributed by atoms with Gasteiger partial charge in [0.15, 0.2) is 0 Å². The summed E-state index contributed by atoms with van der Waals surface area (Å²) in [6.07, 6.45) is 4.15. The molecule has 0 radical (unpaired) electrons. The fourth-order valence-corrected chi connectivity index (χ4v) is 3.87. The van der Waals surface area contributed by atoms with Crippen molar-refractivity contribution in [2.75, 3.05) is 31.6 Å². The van der Waals surface area contributed by atoms with Crippen molar-refractivity contribution in [2.45, 2.75) is 33.7 Å². The largest absolute Gasteiger partial charge is 0.378 e. The van der Waals surface area contributed by atoms with Crippen LogP contribution >= 0.6 is 0 Å². The smallest absolute Gasteiger partial charge is 0.274 e. The molecule has 29 heavy (non-hydrogen) atoms. The molecule has 3 aromatic rings. The van der Waals surface area contributed by atoms with Crippen LogP contribution in [0.2, 0.25) is 0 Å². The van der Waals surface area contributed by atoms with Crippen molar-refractivity contribution in [2.24, 2.45) is 0 Å². The van der Waals surface area contributed by atoms with Gasteiger partial charge in [0.05, 0.1) is 31.1 Å². The minimum absolute atomic E-state index is 0.102. The van der Waals surface area contributed by atoms with Crippen molar-refractivity contribution in [1.29, 1.82) is 0 Å². The molecule has 0 aliphatic carbocycles. The van der Waals surface area contributed by atoms with Crippen molar-refractivity contribution in [3.05, 3.63) is 52.6 Å². The van der Waals surface area contributed by atoms with Crippen molar-refractivity contribution in [3.8, 4) is 0 Å². The third-order valence-electron chi connectivity index (χ3n) is 5.46. The fourth-order valence-electron chi connectivity index (χ4n) is 3.87. The maximum atomic E-state index is 12.7. The number of aryl methyl sites for hydroxylation is 3. The molecule has 0 saturated carbocycles. The topological polar surface area (TPSA) is 83.1 Å². The Kier molecular flexibility index (Phi) is 5.49. The van der Waals surface area contributed by atoms with Crippen LogP contribution < -0.4 is 5.32 Å². The average Bonchev–Trinajstić information content (AvgIpc) is 3.08. The molecular weight excluding hydrogens is 366 g/mol. The zero-order valence-electron chi connectivity index (χ0n) is 17.2. The van der Waals surface area contributed by atoms with Gasteiger partial charge in [-0.15, -0.1) is 0 Å². The number of ether oxygens (including phenoxy) is 1. The Morgan fingerprint density at radius 1 is 1.24 bits per heavy atom. The number of nitrogens with zero attached hydrogens (tertiary/aromatic N) is 3. The van der Waals surface area contributed by atoms with E-state index in [-0.39, 0.29) is 5.91 Å². The van der Waals surface area contributed by atoms with E-state index in [2.05, 4.69) is 53.2 Å². The number of morpholine rings is 1. The molecule has 2 aromatic heterocycles. The van der Waals surface area contributed by atoms with Gasteiger partial charge in [0.1, 0.15) is 11.5 Å². The van der Waals surface area contributed by atoms with Gasteiger partial charge in [0.2, 0.25) is 0 Å². The maximum Gasteiger partial charge on any atom is 0.274 e. The van der Waals surface area contributed by atoms with Crippen LogP contribution in [0.3, 0.4) is 0 Å². The lowest BCUT2D eigenvalue weighted by Crippen LogP contribution is -2.41. The number of hydrogen-bond donors (Lipinski definition) is 2. The SMILES string of the molecule is CCc1[nH]c2c(CNc3cncc(C(=O)N4CCOCC4)n3)cc(C)cc2c1C. The molecule has 1 amide bonds. The van der Waals surface area contributed by atoms with E-state index >= 15 is 0 Å². The number of carbonyl (C=O) groups excluding carboxylic acids is 1. The lowest BCUT2D eigenvalue weighted by atomic mass is 10.0. The van der Waals surface area contributed by atoms with E-state index < -0.39 is 0 Å². The van der Waals surface area contributed by atoms with Gasteiger partial charge >= 0.3 is 0 Å². The number of aromatic nitrogens is 3. The summed E-state index contributed by atoms with van der Waals surface area (Å²) in [5.41, 5.74) is 6.49. The van der Waals surface area contributed by atoms with E-state index in [0.29, 0.717) is 44.4 Å². The van der Waals surface area contributed by atoms with Crippen LogP contribution in [-0.2, 0) is 17.7 Å². The zero-order valence-corrected chi connectivity index (χ0v) is 17.2. The molecule has 1 aliphatic rings.